The molecule has 2 aliphatic rings. The average molecular weight is 291 g/mol. The van der Waals surface area contributed by atoms with Gasteiger partial charge in [0.05, 0.1) is 0 Å². The van der Waals surface area contributed by atoms with Crippen molar-refractivity contribution in [2.24, 2.45) is 0 Å². The number of hydrogen-bond acceptors (Lipinski definition) is 1. The first-order valence-electron chi connectivity index (χ1n) is 6.06. The third-order valence-electron chi connectivity index (χ3n) is 2.41. The van der Waals surface area contributed by atoms with Gasteiger partial charge in [0, 0.05) is 27.8 Å². The normalized spacial score (nSPS) is 20.0. The molecular weight excluding hydrogens is 268 g/mol. The molecule has 2 saturated carbocycles. The van der Waals surface area contributed by atoms with Crippen LogP contribution in [0.4, 0.5) is 0 Å². The summed E-state index contributed by atoms with van der Waals surface area (Å²) in [5.74, 6) is 0. The molecule has 0 amide bonds. The Morgan fingerprint density at radius 3 is 1.05 bits per heavy atom. The van der Waals surface area contributed by atoms with Crippen LogP contribution in [0.3, 0.4) is 0 Å². The van der Waals surface area contributed by atoms with Crippen molar-refractivity contribution in [3.63, 3.8) is 0 Å². The Balaban J connectivity index is 0. The van der Waals surface area contributed by atoms with E-state index >= 15 is 0 Å². The van der Waals surface area contributed by atoms with Gasteiger partial charge in [-0.25, -0.2) is 12.5 Å². The third-order valence-corrected chi connectivity index (χ3v) is 2.41. The first-order chi connectivity index (χ1) is 8.55. The maximum absolute atomic E-state index is 8.89. The van der Waals surface area contributed by atoms with Gasteiger partial charge in [0.15, 0.2) is 0 Å². The van der Waals surface area contributed by atoms with Crippen molar-refractivity contribution >= 4 is 0 Å². The van der Waals surface area contributed by atoms with Gasteiger partial charge in [-0.2, -0.15) is 5.57 Å². The number of aliphatic hydroxyl groups is 1. The van der Waals surface area contributed by atoms with E-state index in [0.29, 0.717) is 0 Å². The van der Waals surface area contributed by atoms with E-state index < -0.39 is 0 Å². The molecule has 0 aliphatic heterocycles. The summed E-state index contributed by atoms with van der Waals surface area (Å²) in [6.45, 7) is 9.19. The molecule has 0 aromatic heterocycles. The molecule has 0 heterocycles. The van der Waals surface area contributed by atoms with E-state index in [4.69, 9.17) is 5.11 Å². The molecular formula is C17H23OTi-. The minimum atomic E-state index is -0.340. The van der Waals surface area contributed by atoms with E-state index in [1.165, 1.54) is 0 Å². The Kier molecular flexibility index (Phi) is 16.7. The van der Waals surface area contributed by atoms with Crippen molar-refractivity contribution in [2.45, 2.75) is 26.9 Å². The summed E-state index contributed by atoms with van der Waals surface area (Å²) >= 11 is 0. The topological polar surface area (TPSA) is 20.2 Å². The number of hydrogen-bond donors (Lipinski definition) is 1. The van der Waals surface area contributed by atoms with Gasteiger partial charge in [-0.1, -0.05) is 13.8 Å². The van der Waals surface area contributed by atoms with Crippen LogP contribution in [0.1, 0.15) is 20.8 Å². The quantitative estimate of drug-likeness (QED) is 0.578. The fraction of sp³-hybridized carbons (Fsp3) is 0.235. The monoisotopic (exact) mass is 291 g/mol. The zero-order valence-corrected chi connectivity index (χ0v) is 13.6. The standard InChI is InChI=1S/C7H13O.2C5H5.Ti/c1-5(2)6(3)7(4)8;2*1-2-4-5-3-1;/h7-8H,1H2,2-4H3;2*1-5H;/q-1;;;/b6-5+;;;. The molecule has 102 valence electrons. The summed E-state index contributed by atoms with van der Waals surface area (Å²) in [4.78, 5) is 0. The van der Waals surface area contributed by atoms with Crippen molar-refractivity contribution in [3.05, 3.63) is 82.3 Å². The van der Waals surface area contributed by atoms with Gasteiger partial charge in [0.25, 0.3) is 0 Å². The van der Waals surface area contributed by atoms with Crippen molar-refractivity contribution < 1.29 is 26.8 Å². The molecule has 1 N–H and O–H groups in total. The van der Waals surface area contributed by atoms with Crippen LogP contribution in [0.2, 0.25) is 0 Å². The molecule has 0 bridgehead atoms. The van der Waals surface area contributed by atoms with Crippen LogP contribution in [0.5, 0.6) is 0 Å². The summed E-state index contributed by atoms with van der Waals surface area (Å²) < 4.78 is 0. The van der Waals surface area contributed by atoms with Crippen molar-refractivity contribution in [2.75, 3.05) is 0 Å². The molecule has 0 saturated heterocycles. The zero-order valence-electron chi connectivity index (χ0n) is 12.0. The van der Waals surface area contributed by atoms with E-state index in [-0.39, 0.29) is 27.8 Å². The Bertz CT molecular complexity index is 184. The molecule has 1 nitrogen and oxygen atoms in total. The summed E-state index contributed by atoms with van der Waals surface area (Å²) in [7, 11) is 0. The van der Waals surface area contributed by atoms with Crippen molar-refractivity contribution in [3.8, 4) is 0 Å². The maximum Gasteiger partial charge on any atom is 0.00835 e. The van der Waals surface area contributed by atoms with E-state index in [0.717, 1.165) is 11.1 Å². The Morgan fingerprint density at radius 2 is 1.00 bits per heavy atom. The van der Waals surface area contributed by atoms with Crippen molar-refractivity contribution in [1.82, 2.24) is 0 Å². The van der Waals surface area contributed by atoms with Gasteiger partial charge in [-0.3, -0.25) is 0 Å². The van der Waals surface area contributed by atoms with Crippen LogP contribution in [0.15, 0.2) is 11.1 Å². The smallest absolute Gasteiger partial charge is 0.00835 e. The van der Waals surface area contributed by atoms with Crippen LogP contribution in [0.25, 0.3) is 0 Å². The third kappa shape index (κ3) is 14.5. The zero-order chi connectivity index (χ0) is 13.8. The summed E-state index contributed by atoms with van der Waals surface area (Å²) in [5.41, 5.74) is 1.92. The summed E-state index contributed by atoms with van der Waals surface area (Å²) in [6.07, 6.45) is 19.7. The molecule has 0 spiro atoms. The number of allylic oxidation sites excluding steroid dienone is 1. The molecule has 10 radical (unpaired) electrons. The first-order valence-corrected chi connectivity index (χ1v) is 6.06. The summed E-state index contributed by atoms with van der Waals surface area (Å²) in [5, 5.41) is 8.89. The molecule has 1 atom stereocenters. The van der Waals surface area contributed by atoms with Crippen LogP contribution in [-0.4, -0.2) is 11.2 Å². The first kappa shape index (κ1) is 21.6. The minimum Gasteiger partial charge on any atom is -0.407 e. The van der Waals surface area contributed by atoms with Gasteiger partial charge in [0.1, 0.15) is 0 Å². The maximum atomic E-state index is 8.89. The van der Waals surface area contributed by atoms with E-state index in [9.17, 15) is 0 Å². The van der Waals surface area contributed by atoms with Crippen LogP contribution < -0.4 is 0 Å². The van der Waals surface area contributed by atoms with E-state index in [2.05, 4.69) is 6.92 Å². The average Bonchev–Trinajstić information content (AvgIpc) is 3.05. The van der Waals surface area contributed by atoms with E-state index in [1.807, 2.05) is 78.1 Å². The fourth-order valence-corrected chi connectivity index (χ4v) is 0.998. The molecule has 0 aromatic carbocycles. The van der Waals surface area contributed by atoms with Crippen LogP contribution >= 0.6 is 0 Å². The van der Waals surface area contributed by atoms with Gasteiger partial charge < -0.3 is 5.11 Å². The molecule has 19 heavy (non-hydrogen) atoms. The van der Waals surface area contributed by atoms with Gasteiger partial charge in [0.2, 0.25) is 0 Å². The second kappa shape index (κ2) is 14.7. The molecule has 1 unspecified atom stereocenters. The van der Waals surface area contributed by atoms with E-state index in [1.54, 1.807) is 6.92 Å². The van der Waals surface area contributed by atoms with Crippen LogP contribution in [0, 0.1) is 71.1 Å². The predicted molar refractivity (Wildman–Crippen MR) is 78.4 cm³/mol. The Morgan fingerprint density at radius 1 is 0.789 bits per heavy atom. The summed E-state index contributed by atoms with van der Waals surface area (Å²) in [6, 6.07) is 0. The number of rotatable bonds is 1. The molecule has 0 aromatic rings. The number of aliphatic hydroxyl groups excluding tert-OH is 1. The molecule has 2 aliphatic carbocycles. The minimum absolute atomic E-state index is 0. The van der Waals surface area contributed by atoms with Crippen molar-refractivity contribution in [1.29, 1.82) is 0 Å². The fourth-order valence-electron chi connectivity index (χ4n) is 0.998. The van der Waals surface area contributed by atoms with Gasteiger partial charge >= 0.3 is 0 Å². The second-order valence-electron chi connectivity index (χ2n) is 4.06. The molecule has 2 fully saturated rings. The predicted octanol–water partition coefficient (Wildman–Crippen LogP) is 3.58. The second-order valence-corrected chi connectivity index (χ2v) is 4.06. The Hall–Kier alpha value is 0.284. The SMILES string of the molecule is [CH2-]/C(C)=C(/C)C(C)O.[CH]1[CH][CH][CH][CH]1.[CH]1[CH][CH][CH][CH]1.[Ti]. The largest absolute Gasteiger partial charge is 0.407 e. The van der Waals surface area contributed by atoms with Gasteiger partial charge in [-0.05, 0) is 64.2 Å². The molecule has 2 rings (SSSR count). The van der Waals surface area contributed by atoms with Gasteiger partial charge in [-0.15, -0.1) is 6.92 Å². The molecule has 2 heteroatoms. The Labute approximate surface area is 136 Å². The van der Waals surface area contributed by atoms with Crippen LogP contribution in [-0.2, 0) is 21.7 Å².